The van der Waals surface area contributed by atoms with Crippen molar-refractivity contribution in [3.8, 4) is 11.5 Å². The van der Waals surface area contributed by atoms with Gasteiger partial charge in [-0.1, -0.05) is 18.2 Å². The van der Waals surface area contributed by atoms with Crippen molar-refractivity contribution < 1.29 is 19.4 Å². The Bertz CT molecular complexity index is 560. The van der Waals surface area contributed by atoms with Crippen LogP contribution in [0.2, 0.25) is 0 Å². The maximum absolute atomic E-state index is 11.3. The third-order valence-electron chi connectivity index (χ3n) is 3.56. The molecule has 1 aliphatic heterocycles. The Labute approximate surface area is 136 Å². The highest BCUT2D eigenvalue weighted by molar-refractivity contribution is 5.78. The summed E-state index contributed by atoms with van der Waals surface area (Å²) >= 11 is 0. The molecule has 1 fully saturated rings. The molecular weight excluding hydrogens is 296 g/mol. The number of amides is 1. The van der Waals surface area contributed by atoms with E-state index in [-0.39, 0.29) is 12.5 Å². The van der Waals surface area contributed by atoms with E-state index >= 15 is 0 Å². The van der Waals surface area contributed by atoms with Gasteiger partial charge in [-0.25, -0.2) is 0 Å². The number of hydrogen-bond donors (Lipinski definition) is 2. The van der Waals surface area contributed by atoms with Gasteiger partial charge >= 0.3 is 0 Å². The summed E-state index contributed by atoms with van der Waals surface area (Å²) in [5.41, 5.74) is 1.02. The second-order valence-electron chi connectivity index (χ2n) is 5.46. The van der Waals surface area contributed by atoms with Crippen LogP contribution in [0.1, 0.15) is 12.5 Å². The van der Waals surface area contributed by atoms with E-state index in [1.165, 1.54) is 0 Å². The van der Waals surface area contributed by atoms with Crippen molar-refractivity contribution >= 4 is 12.0 Å². The number of carbonyl (C=O) groups excluding carboxylic acids is 1. The molecule has 1 atom stereocenters. The molecule has 1 amide bonds. The largest absolute Gasteiger partial charge is 0.493 e. The Hall–Kier alpha value is -2.05. The van der Waals surface area contributed by atoms with Crippen LogP contribution in [0.5, 0.6) is 11.5 Å². The Kier molecular flexibility index (Phi) is 6.43. The molecule has 2 rings (SSSR count). The first-order chi connectivity index (χ1) is 11.1. The fraction of sp³-hybridized carbons (Fsp3) is 0.471. The van der Waals surface area contributed by atoms with Crippen molar-refractivity contribution in [3.63, 3.8) is 0 Å². The van der Waals surface area contributed by atoms with Crippen molar-refractivity contribution in [2.24, 2.45) is 0 Å². The number of nitrogens with zero attached hydrogens (tertiary/aromatic N) is 1. The molecule has 2 N–H and O–H groups in total. The Morgan fingerprint density at radius 2 is 2.26 bits per heavy atom. The van der Waals surface area contributed by atoms with Crippen molar-refractivity contribution in [3.05, 3.63) is 29.8 Å². The summed E-state index contributed by atoms with van der Waals surface area (Å²) in [5.74, 6) is 1.21. The minimum Gasteiger partial charge on any atom is -0.493 e. The van der Waals surface area contributed by atoms with Gasteiger partial charge < -0.3 is 19.9 Å². The van der Waals surface area contributed by atoms with E-state index in [1.807, 2.05) is 42.2 Å². The van der Waals surface area contributed by atoms with E-state index in [0.717, 1.165) is 12.1 Å². The number of methoxy groups -OCH3 is 1. The van der Waals surface area contributed by atoms with Gasteiger partial charge in [-0.05, 0) is 24.6 Å². The number of benzene rings is 1. The maximum Gasteiger partial charge on any atom is 0.234 e. The number of carbonyl (C=O) groups is 1. The Morgan fingerprint density at radius 3 is 2.96 bits per heavy atom. The monoisotopic (exact) mass is 320 g/mol. The summed E-state index contributed by atoms with van der Waals surface area (Å²) in [6.45, 7) is 4.19. The lowest BCUT2D eigenvalue weighted by Gasteiger charge is -2.28. The van der Waals surface area contributed by atoms with Crippen LogP contribution in [0.25, 0.3) is 6.08 Å². The van der Waals surface area contributed by atoms with E-state index in [0.29, 0.717) is 31.1 Å². The van der Waals surface area contributed by atoms with E-state index in [2.05, 4.69) is 5.32 Å². The van der Waals surface area contributed by atoms with Crippen LogP contribution in [0.4, 0.5) is 0 Å². The molecule has 1 aliphatic rings. The molecule has 1 saturated heterocycles. The van der Waals surface area contributed by atoms with Gasteiger partial charge in [0, 0.05) is 19.6 Å². The molecule has 6 heteroatoms. The minimum atomic E-state index is -0.666. The summed E-state index contributed by atoms with van der Waals surface area (Å²) in [5, 5.41) is 12.9. The number of allylic oxidation sites excluding steroid dienone is 1. The topological polar surface area (TPSA) is 71.0 Å². The molecule has 1 unspecified atom stereocenters. The Balaban J connectivity index is 1.88. The molecule has 0 aliphatic carbocycles. The van der Waals surface area contributed by atoms with E-state index in [9.17, 15) is 9.90 Å². The van der Waals surface area contributed by atoms with Crippen molar-refractivity contribution in [2.75, 3.05) is 39.9 Å². The van der Waals surface area contributed by atoms with Crippen LogP contribution in [0, 0.1) is 0 Å². The molecule has 1 aromatic carbocycles. The molecule has 23 heavy (non-hydrogen) atoms. The average molecular weight is 320 g/mol. The summed E-state index contributed by atoms with van der Waals surface area (Å²) in [6, 6.07) is 5.64. The molecule has 126 valence electrons. The molecule has 1 heterocycles. The molecule has 0 spiro atoms. The summed E-state index contributed by atoms with van der Waals surface area (Å²) < 4.78 is 11.0. The Morgan fingerprint density at radius 1 is 1.43 bits per heavy atom. The number of piperazine rings is 1. The molecular formula is C17H24N2O4. The van der Waals surface area contributed by atoms with Crippen LogP contribution in [-0.2, 0) is 4.79 Å². The third-order valence-corrected chi connectivity index (χ3v) is 3.56. The third kappa shape index (κ3) is 5.26. The first kappa shape index (κ1) is 17.3. The highest BCUT2D eigenvalue weighted by Crippen LogP contribution is 2.28. The SMILES string of the molecule is C/C=C/c1ccc(OCC(O)CN2CCNC(=O)C2)c(OC)c1. The lowest BCUT2D eigenvalue weighted by atomic mass is 10.2. The lowest BCUT2D eigenvalue weighted by molar-refractivity contribution is -0.124. The van der Waals surface area contributed by atoms with E-state index in [1.54, 1.807) is 7.11 Å². The van der Waals surface area contributed by atoms with Crippen LogP contribution in [-0.4, -0.2) is 61.9 Å². The zero-order valence-corrected chi connectivity index (χ0v) is 13.6. The van der Waals surface area contributed by atoms with E-state index in [4.69, 9.17) is 9.47 Å². The van der Waals surface area contributed by atoms with E-state index < -0.39 is 6.10 Å². The predicted molar refractivity (Wildman–Crippen MR) is 88.7 cm³/mol. The first-order valence-electron chi connectivity index (χ1n) is 7.73. The zero-order chi connectivity index (χ0) is 16.7. The van der Waals surface area contributed by atoms with Gasteiger partial charge in [-0.3, -0.25) is 9.69 Å². The number of aliphatic hydroxyl groups is 1. The smallest absolute Gasteiger partial charge is 0.234 e. The lowest BCUT2D eigenvalue weighted by Crippen LogP contribution is -2.50. The standard InChI is InChI=1S/C17H24N2O4/c1-3-4-13-5-6-15(16(9-13)22-2)23-12-14(20)10-19-8-7-18-17(21)11-19/h3-6,9,14,20H,7-8,10-12H2,1-2H3,(H,18,21)/b4-3+. The molecule has 1 aromatic rings. The molecule has 6 nitrogen and oxygen atoms in total. The predicted octanol–water partition coefficient (Wildman–Crippen LogP) is 0.900. The molecule has 0 bridgehead atoms. The molecule has 0 radical (unpaired) electrons. The minimum absolute atomic E-state index is 0.00870. The normalized spacial score (nSPS) is 17.1. The van der Waals surface area contributed by atoms with Gasteiger partial charge in [0.1, 0.15) is 12.7 Å². The average Bonchev–Trinajstić information content (AvgIpc) is 2.54. The van der Waals surface area contributed by atoms with Crippen molar-refractivity contribution in [2.45, 2.75) is 13.0 Å². The number of hydrogen-bond acceptors (Lipinski definition) is 5. The van der Waals surface area contributed by atoms with Crippen molar-refractivity contribution in [1.29, 1.82) is 0 Å². The number of aliphatic hydroxyl groups excluding tert-OH is 1. The number of ether oxygens (including phenoxy) is 2. The van der Waals surface area contributed by atoms with Crippen LogP contribution < -0.4 is 14.8 Å². The van der Waals surface area contributed by atoms with Gasteiger partial charge in [0.2, 0.25) is 5.91 Å². The molecule has 0 aromatic heterocycles. The fourth-order valence-electron chi connectivity index (χ4n) is 2.48. The number of β-amino-alcohol motifs (C(OH)–C–C–N with tert-alkyl or cyclic N) is 1. The second-order valence-corrected chi connectivity index (χ2v) is 5.46. The molecule has 0 saturated carbocycles. The van der Waals surface area contributed by atoms with Gasteiger partial charge in [0.15, 0.2) is 11.5 Å². The van der Waals surface area contributed by atoms with Gasteiger partial charge in [0.05, 0.1) is 13.7 Å². The summed E-state index contributed by atoms with van der Waals surface area (Å²) in [6.07, 6.45) is 3.26. The van der Waals surface area contributed by atoms with Gasteiger partial charge in [-0.15, -0.1) is 0 Å². The fourth-order valence-corrected chi connectivity index (χ4v) is 2.48. The summed E-state index contributed by atoms with van der Waals surface area (Å²) in [7, 11) is 1.59. The highest BCUT2D eigenvalue weighted by atomic mass is 16.5. The second kappa shape index (κ2) is 8.55. The van der Waals surface area contributed by atoms with Crippen LogP contribution >= 0.6 is 0 Å². The highest BCUT2D eigenvalue weighted by Gasteiger charge is 2.19. The zero-order valence-electron chi connectivity index (χ0n) is 13.6. The quantitative estimate of drug-likeness (QED) is 0.781. The first-order valence-corrected chi connectivity index (χ1v) is 7.73. The van der Waals surface area contributed by atoms with Crippen LogP contribution in [0.3, 0.4) is 0 Å². The maximum atomic E-state index is 11.3. The van der Waals surface area contributed by atoms with Crippen molar-refractivity contribution in [1.82, 2.24) is 10.2 Å². The number of nitrogens with one attached hydrogen (secondary N) is 1. The van der Waals surface area contributed by atoms with Gasteiger partial charge in [0.25, 0.3) is 0 Å². The number of rotatable bonds is 7. The van der Waals surface area contributed by atoms with Gasteiger partial charge in [-0.2, -0.15) is 0 Å². The van der Waals surface area contributed by atoms with Crippen LogP contribution in [0.15, 0.2) is 24.3 Å². The summed E-state index contributed by atoms with van der Waals surface area (Å²) in [4.78, 5) is 13.2.